The molecule has 0 atom stereocenters. The third-order valence-corrected chi connectivity index (χ3v) is 6.70. The summed E-state index contributed by atoms with van der Waals surface area (Å²) in [6.07, 6.45) is 0. The van der Waals surface area contributed by atoms with Gasteiger partial charge in [-0.15, -0.1) is 0 Å². The van der Waals surface area contributed by atoms with Crippen molar-refractivity contribution >= 4 is 21.6 Å². The predicted molar refractivity (Wildman–Crippen MR) is 105 cm³/mol. The summed E-state index contributed by atoms with van der Waals surface area (Å²) >= 11 is 0. The number of benzene rings is 2. The summed E-state index contributed by atoms with van der Waals surface area (Å²) < 4.78 is 26.8. The zero-order chi connectivity index (χ0) is 19.5. The van der Waals surface area contributed by atoms with E-state index in [1.54, 1.807) is 32.0 Å². The average molecular weight is 375 g/mol. The maximum atomic E-state index is 12.7. The number of rotatable bonds is 6. The molecule has 5 nitrogen and oxygen atoms in total. The van der Waals surface area contributed by atoms with Gasteiger partial charge in [-0.3, -0.25) is 4.79 Å². The highest BCUT2D eigenvalue weighted by Crippen LogP contribution is 2.24. The second-order valence-corrected chi connectivity index (χ2v) is 8.21. The standard InChI is InChI=1S/C20H26N2O3S/c1-6-22(7-2)26(24,25)17-12-11-15(4)19(13-17)21-20(23)18-10-8-9-14(3)16(18)5/h8-13H,6-7H2,1-5H3,(H,21,23). The van der Waals surface area contributed by atoms with Crippen LogP contribution in [0.25, 0.3) is 0 Å². The molecule has 1 amide bonds. The van der Waals surface area contributed by atoms with Gasteiger partial charge in [-0.1, -0.05) is 32.0 Å². The van der Waals surface area contributed by atoms with Crippen LogP contribution >= 0.6 is 0 Å². The summed E-state index contributed by atoms with van der Waals surface area (Å²) in [4.78, 5) is 12.9. The molecule has 0 aliphatic rings. The number of nitrogens with one attached hydrogen (secondary N) is 1. The van der Waals surface area contributed by atoms with Crippen LogP contribution in [-0.4, -0.2) is 31.7 Å². The average Bonchev–Trinajstić information content (AvgIpc) is 2.59. The van der Waals surface area contributed by atoms with Gasteiger partial charge in [0, 0.05) is 24.3 Å². The van der Waals surface area contributed by atoms with E-state index in [0.717, 1.165) is 16.7 Å². The van der Waals surface area contributed by atoms with E-state index in [1.165, 1.54) is 10.4 Å². The van der Waals surface area contributed by atoms with E-state index in [9.17, 15) is 13.2 Å². The number of hydrogen-bond acceptors (Lipinski definition) is 3. The number of amides is 1. The molecule has 2 aromatic carbocycles. The fourth-order valence-corrected chi connectivity index (χ4v) is 4.28. The Bertz CT molecular complexity index is 917. The monoisotopic (exact) mass is 374 g/mol. The molecule has 0 unspecified atom stereocenters. The van der Waals surface area contributed by atoms with Crippen LogP contribution in [0.3, 0.4) is 0 Å². The predicted octanol–water partition coefficient (Wildman–Crippen LogP) is 3.89. The Morgan fingerprint density at radius 2 is 1.65 bits per heavy atom. The molecule has 0 heterocycles. The number of carbonyl (C=O) groups excluding carboxylic acids is 1. The van der Waals surface area contributed by atoms with Gasteiger partial charge in [0.2, 0.25) is 10.0 Å². The molecule has 2 aromatic rings. The molecule has 0 fully saturated rings. The first-order valence-corrected chi connectivity index (χ1v) is 10.1. The van der Waals surface area contributed by atoms with E-state index in [-0.39, 0.29) is 10.8 Å². The van der Waals surface area contributed by atoms with Gasteiger partial charge in [0.25, 0.3) is 5.91 Å². The first-order chi connectivity index (χ1) is 12.2. The molecule has 0 aromatic heterocycles. The molecule has 0 spiro atoms. The van der Waals surface area contributed by atoms with Crippen molar-refractivity contribution in [3.05, 3.63) is 58.7 Å². The van der Waals surface area contributed by atoms with Crippen molar-refractivity contribution in [1.82, 2.24) is 4.31 Å². The summed E-state index contributed by atoms with van der Waals surface area (Å²) in [6, 6.07) is 10.4. The first kappa shape index (κ1) is 20.1. The van der Waals surface area contributed by atoms with Crippen LogP contribution in [-0.2, 0) is 10.0 Å². The fourth-order valence-electron chi connectivity index (χ4n) is 2.80. The maximum absolute atomic E-state index is 12.7. The number of anilines is 1. The van der Waals surface area contributed by atoms with Crippen LogP contribution in [0.15, 0.2) is 41.3 Å². The SMILES string of the molecule is CCN(CC)S(=O)(=O)c1ccc(C)c(NC(=O)c2cccc(C)c2C)c1. The van der Waals surface area contributed by atoms with E-state index in [4.69, 9.17) is 0 Å². The van der Waals surface area contributed by atoms with Gasteiger partial charge < -0.3 is 5.32 Å². The lowest BCUT2D eigenvalue weighted by Gasteiger charge is -2.19. The Kier molecular flexibility index (Phi) is 6.21. The van der Waals surface area contributed by atoms with Crippen molar-refractivity contribution in [1.29, 1.82) is 0 Å². The Balaban J connectivity index is 2.39. The molecule has 1 N–H and O–H groups in total. The van der Waals surface area contributed by atoms with Gasteiger partial charge in [0.15, 0.2) is 0 Å². The van der Waals surface area contributed by atoms with Gasteiger partial charge in [0.1, 0.15) is 0 Å². The van der Waals surface area contributed by atoms with Gasteiger partial charge in [0.05, 0.1) is 4.90 Å². The number of hydrogen-bond donors (Lipinski definition) is 1. The Morgan fingerprint density at radius 1 is 1.00 bits per heavy atom. The van der Waals surface area contributed by atoms with Crippen molar-refractivity contribution < 1.29 is 13.2 Å². The Labute approximate surface area is 156 Å². The highest BCUT2D eigenvalue weighted by molar-refractivity contribution is 7.89. The van der Waals surface area contributed by atoms with Crippen molar-refractivity contribution in [2.24, 2.45) is 0 Å². The second kappa shape index (κ2) is 8.01. The summed E-state index contributed by atoms with van der Waals surface area (Å²) in [5.41, 5.74) is 3.84. The van der Waals surface area contributed by atoms with Crippen LogP contribution in [0.4, 0.5) is 5.69 Å². The van der Waals surface area contributed by atoms with E-state index in [2.05, 4.69) is 5.32 Å². The minimum Gasteiger partial charge on any atom is -0.322 e. The van der Waals surface area contributed by atoms with Crippen LogP contribution in [0.2, 0.25) is 0 Å². The molecule has 2 rings (SSSR count). The number of carbonyl (C=O) groups is 1. The molecule has 0 saturated heterocycles. The lowest BCUT2D eigenvalue weighted by Crippen LogP contribution is -2.30. The van der Waals surface area contributed by atoms with Crippen molar-refractivity contribution in [2.75, 3.05) is 18.4 Å². The zero-order valence-electron chi connectivity index (χ0n) is 16.0. The van der Waals surface area contributed by atoms with Crippen LogP contribution in [0.5, 0.6) is 0 Å². The van der Waals surface area contributed by atoms with Crippen molar-refractivity contribution in [3.8, 4) is 0 Å². The first-order valence-electron chi connectivity index (χ1n) is 8.70. The largest absolute Gasteiger partial charge is 0.322 e. The third kappa shape index (κ3) is 3.97. The summed E-state index contributed by atoms with van der Waals surface area (Å²) in [5, 5.41) is 2.86. The molecule has 26 heavy (non-hydrogen) atoms. The molecule has 0 aliphatic carbocycles. The second-order valence-electron chi connectivity index (χ2n) is 6.27. The van der Waals surface area contributed by atoms with Gasteiger partial charge in [-0.05, 0) is 55.7 Å². The molecule has 0 saturated carbocycles. The normalized spacial score (nSPS) is 11.6. The Morgan fingerprint density at radius 3 is 2.27 bits per heavy atom. The van der Waals surface area contributed by atoms with E-state index in [0.29, 0.717) is 24.3 Å². The summed E-state index contributed by atoms with van der Waals surface area (Å²) in [7, 11) is -3.57. The Hall–Kier alpha value is -2.18. The van der Waals surface area contributed by atoms with E-state index in [1.807, 2.05) is 32.9 Å². The summed E-state index contributed by atoms with van der Waals surface area (Å²) in [6.45, 7) is 10.1. The smallest absolute Gasteiger partial charge is 0.255 e. The van der Waals surface area contributed by atoms with E-state index >= 15 is 0 Å². The minimum absolute atomic E-state index is 0.183. The van der Waals surface area contributed by atoms with Crippen molar-refractivity contribution in [2.45, 2.75) is 39.5 Å². The third-order valence-electron chi connectivity index (χ3n) is 4.65. The molecule has 0 bridgehead atoms. The zero-order valence-corrected chi connectivity index (χ0v) is 16.8. The van der Waals surface area contributed by atoms with E-state index < -0.39 is 10.0 Å². The quantitative estimate of drug-likeness (QED) is 0.834. The van der Waals surface area contributed by atoms with Crippen LogP contribution < -0.4 is 5.32 Å². The number of sulfonamides is 1. The van der Waals surface area contributed by atoms with Gasteiger partial charge in [-0.2, -0.15) is 4.31 Å². The van der Waals surface area contributed by atoms with Crippen LogP contribution in [0.1, 0.15) is 40.9 Å². The molecule has 0 aliphatic heterocycles. The molecule has 0 radical (unpaired) electrons. The summed E-state index contributed by atoms with van der Waals surface area (Å²) in [5.74, 6) is -0.244. The number of nitrogens with zero attached hydrogens (tertiary/aromatic N) is 1. The van der Waals surface area contributed by atoms with Gasteiger partial charge >= 0.3 is 0 Å². The van der Waals surface area contributed by atoms with Gasteiger partial charge in [-0.25, -0.2) is 8.42 Å². The highest BCUT2D eigenvalue weighted by atomic mass is 32.2. The maximum Gasteiger partial charge on any atom is 0.255 e. The number of aryl methyl sites for hydroxylation is 2. The highest BCUT2D eigenvalue weighted by Gasteiger charge is 2.22. The van der Waals surface area contributed by atoms with Crippen molar-refractivity contribution in [3.63, 3.8) is 0 Å². The topological polar surface area (TPSA) is 66.5 Å². The van der Waals surface area contributed by atoms with Crippen LogP contribution in [0, 0.1) is 20.8 Å². The molecular weight excluding hydrogens is 348 g/mol. The minimum atomic E-state index is -3.57. The lowest BCUT2D eigenvalue weighted by atomic mass is 10.0. The lowest BCUT2D eigenvalue weighted by molar-refractivity contribution is 0.102. The molecule has 140 valence electrons. The molecule has 6 heteroatoms. The molecular formula is C20H26N2O3S. The fraction of sp³-hybridized carbons (Fsp3) is 0.350.